The zero-order valence-electron chi connectivity index (χ0n) is 18.5. The number of aromatic nitrogens is 4. The maximum atomic E-state index is 11.5. The summed E-state index contributed by atoms with van der Waals surface area (Å²) < 4.78 is 1.98. The lowest BCUT2D eigenvalue weighted by Gasteiger charge is -2.31. The lowest BCUT2D eigenvalue weighted by atomic mass is 10.1. The molecule has 1 saturated heterocycles. The zero-order valence-corrected chi connectivity index (χ0v) is 18.5. The van der Waals surface area contributed by atoms with E-state index in [0.29, 0.717) is 30.3 Å². The smallest absolute Gasteiger partial charge is 0.227 e. The number of benzene rings is 1. The molecule has 0 unspecified atom stereocenters. The molecule has 33 heavy (non-hydrogen) atoms. The van der Waals surface area contributed by atoms with Gasteiger partial charge in [0.25, 0.3) is 0 Å². The summed E-state index contributed by atoms with van der Waals surface area (Å²) in [6, 6.07) is 7.84. The molecule has 0 saturated carbocycles. The number of piperidine rings is 1. The van der Waals surface area contributed by atoms with Crippen LogP contribution in [-0.4, -0.2) is 56.7 Å². The lowest BCUT2D eigenvalue weighted by molar-refractivity contribution is -0.130. The fraction of sp³-hybridized carbons (Fsp3) is 0.348. The van der Waals surface area contributed by atoms with Gasteiger partial charge in [-0.15, -0.1) is 0 Å². The van der Waals surface area contributed by atoms with Crippen LogP contribution in [0.4, 0.5) is 17.3 Å². The molecule has 170 valence electrons. The van der Waals surface area contributed by atoms with Crippen molar-refractivity contribution < 1.29 is 4.79 Å². The van der Waals surface area contributed by atoms with Crippen LogP contribution in [0.5, 0.6) is 0 Å². The van der Waals surface area contributed by atoms with Crippen molar-refractivity contribution in [2.45, 2.75) is 25.8 Å². The van der Waals surface area contributed by atoms with E-state index in [9.17, 15) is 10.1 Å². The summed E-state index contributed by atoms with van der Waals surface area (Å²) in [6.45, 7) is 4.19. The minimum absolute atomic E-state index is 0.129. The monoisotopic (exact) mass is 445 g/mol. The van der Waals surface area contributed by atoms with E-state index in [1.807, 2.05) is 34.1 Å². The number of rotatable bonds is 7. The quantitative estimate of drug-likeness (QED) is 0.504. The van der Waals surface area contributed by atoms with Crippen LogP contribution in [0.15, 0.2) is 43.0 Å². The molecule has 1 aliphatic rings. The van der Waals surface area contributed by atoms with Gasteiger partial charge in [0.2, 0.25) is 11.9 Å². The molecule has 0 spiro atoms. The topological polar surface area (TPSA) is 138 Å². The number of nitrogens with zero attached hydrogens (tertiary/aromatic N) is 6. The highest BCUT2D eigenvalue weighted by atomic mass is 16.2. The summed E-state index contributed by atoms with van der Waals surface area (Å²) in [5, 5.41) is 20.1. The molecular weight excluding hydrogens is 418 g/mol. The third-order valence-corrected chi connectivity index (χ3v) is 5.73. The van der Waals surface area contributed by atoms with Crippen LogP contribution in [0.1, 0.15) is 31.4 Å². The Labute approximate surface area is 192 Å². The van der Waals surface area contributed by atoms with Crippen LogP contribution in [0.25, 0.3) is 11.1 Å². The number of hydrogen-bond acceptors (Lipinski definition) is 8. The van der Waals surface area contributed by atoms with Crippen LogP contribution < -0.4 is 16.4 Å². The Morgan fingerprint density at radius 1 is 1.21 bits per heavy atom. The fourth-order valence-corrected chi connectivity index (χ4v) is 3.88. The SMILES string of the molecule is CC(=O)N1CCC(n2cc(-c3cnc(Nc4ccc(C#N)c(NCCN)c4)nc3)cn2)CC1. The molecular formula is C23H27N9O. The average Bonchev–Trinajstić information content (AvgIpc) is 3.34. The fourth-order valence-electron chi connectivity index (χ4n) is 3.88. The molecule has 3 heterocycles. The Kier molecular flexibility index (Phi) is 6.80. The molecule has 0 atom stereocenters. The number of carbonyl (C=O) groups is 1. The predicted octanol–water partition coefficient (Wildman–Crippen LogP) is 2.51. The molecule has 1 aromatic carbocycles. The Balaban J connectivity index is 1.41. The second kappa shape index (κ2) is 10.1. The second-order valence-electron chi connectivity index (χ2n) is 7.95. The van der Waals surface area contributed by atoms with Crippen molar-refractivity contribution in [3.63, 3.8) is 0 Å². The van der Waals surface area contributed by atoms with Gasteiger partial charge in [-0.1, -0.05) is 0 Å². The lowest BCUT2D eigenvalue weighted by Crippen LogP contribution is -2.37. The number of amides is 1. The van der Waals surface area contributed by atoms with Crippen molar-refractivity contribution in [1.82, 2.24) is 24.6 Å². The van der Waals surface area contributed by atoms with Crippen molar-refractivity contribution in [3.8, 4) is 17.2 Å². The average molecular weight is 446 g/mol. The second-order valence-corrected chi connectivity index (χ2v) is 7.95. The first-order chi connectivity index (χ1) is 16.1. The summed E-state index contributed by atoms with van der Waals surface area (Å²) in [5.41, 5.74) is 9.40. The van der Waals surface area contributed by atoms with Gasteiger partial charge in [0.15, 0.2) is 0 Å². The first kappa shape index (κ1) is 22.2. The molecule has 1 aliphatic heterocycles. The van der Waals surface area contributed by atoms with E-state index in [1.165, 1.54) is 0 Å². The maximum absolute atomic E-state index is 11.5. The first-order valence-electron chi connectivity index (χ1n) is 10.9. The van der Waals surface area contributed by atoms with Crippen molar-refractivity contribution in [3.05, 3.63) is 48.5 Å². The summed E-state index contributed by atoms with van der Waals surface area (Å²) >= 11 is 0. The van der Waals surface area contributed by atoms with Crippen molar-refractivity contribution in [1.29, 1.82) is 5.26 Å². The van der Waals surface area contributed by atoms with Gasteiger partial charge in [-0.25, -0.2) is 9.97 Å². The van der Waals surface area contributed by atoms with E-state index in [0.717, 1.165) is 42.7 Å². The van der Waals surface area contributed by atoms with Gasteiger partial charge >= 0.3 is 0 Å². The molecule has 0 radical (unpaired) electrons. The van der Waals surface area contributed by atoms with E-state index in [4.69, 9.17) is 5.73 Å². The molecule has 4 N–H and O–H groups in total. The Morgan fingerprint density at radius 3 is 2.64 bits per heavy atom. The van der Waals surface area contributed by atoms with Gasteiger partial charge < -0.3 is 21.3 Å². The van der Waals surface area contributed by atoms with Crippen LogP contribution >= 0.6 is 0 Å². The van der Waals surface area contributed by atoms with E-state index in [1.54, 1.807) is 25.4 Å². The molecule has 1 fully saturated rings. The number of nitriles is 1. The standard InChI is InChI=1S/C23H27N9O/c1-16(33)31-8-4-21(5-9-31)32-15-19(14-29-32)18-12-27-23(28-13-18)30-20-3-2-17(11-25)22(10-20)26-7-6-24/h2-3,10,12-15,21,26H,4-9,24H2,1H3,(H,27,28,30). The number of anilines is 3. The van der Waals surface area contributed by atoms with E-state index in [2.05, 4.69) is 31.8 Å². The van der Waals surface area contributed by atoms with Gasteiger partial charge in [-0.3, -0.25) is 9.48 Å². The van der Waals surface area contributed by atoms with Gasteiger partial charge in [0.05, 0.1) is 23.5 Å². The van der Waals surface area contributed by atoms with Crippen molar-refractivity contribution in [2.24, 2.45) is 5.73 Å². The van der Waals surface area contributed by atoms with Crippen molar-refractivity contribution in [2.75, 3.05) is 36.8 Å². The summed E-state index contributed by atoms with van der Waals surface area (Å²) in [4.78, 5) is 22.3. The van der Waals surface area contributed by atoms with Crippen LogP contribution in [0, 0.1) is 11.3 Å². The molecule has 0 aliphatic carbocycles. The van der Waals surface area contributed by atoms with E-state index >= 15 is 0 Å². The molecule has 10 heteroatoms. The summed E-state index contributed by atoms with van der Waals surface area (Å²) in [6.07, 6.45) is 9.13. The predicted molar refractivity (Wildman–Crippen MR) is 126 cm³/mol. The minimum atomic E-state index is 0.129. The summed E-state index contributed by atoms with van der Waals surface area (Å²) in [7, 11) is 0. The number of likely N-dealkylation sites (tertiary alicyclic amines) is 1. The van der Waals surface area contributed by atoms with Crippen LogP contribution in [0.3, 0.4) is 0 Å². The highest BCUT2D eigenvalue weighted by Crippen LogP contribution is 2.26. The van der Waals surface area contributed by atoms with E-state index in [-0.39, 0.29) is 11.9 Å². The minimum Gasteiger partial charge on any atom is -0.383 e. The first-order valence-corrected chi connectivity index (χ1v) is 10.9. The van der Waals surface area contributed by atoms with Gasteiger partial charge in [-0.05, 0) is 31.0 Å². The summed E-state index contributed by atoms with van der Waals surface area (Å²) in [5.74, 6) is 0.585. The molecule has 3 aromatic rings. The van der Waals surface area contributed by atoms with E-state index < -0.39 is 0 Å². The molecule has 4 rings (SSSR count). The molecule has 0 bridgehead atoms. The van der Waals surface area contributed by atoms with Gasteiger partial charge in [-0.2, -0.15) is 10.4 Å². The largest absolute Gasteiger partial charge is 0.383 e. The zero-order chi connectivity index (χ0) is 23.2. The number of nitrogens with two attached hydrogens (primary N) is 1. The van der Waals surface area contributed by atoms with Gasteiger partial charge in [0, 0.05) is 68.5 Å². The van der Waals surface area contributed by atoms with Gasteiger partial charge in [0.1, 0.15) is 6.07 Å². The number of nitrogens with one attached hydrogen (secondary N) is 2. The van der Waals surface area contributed by atoms with Crippen LogP contribution in [0.2, 0.25) is 0 Å². The third-order valence-electron chi connectivity index (χ3n) is 5.73. The van der Waals surface area contributed by atoms with Crippen molar-refractivity contribution >= 4 is 23.2 Å². The molecule has 10 nitrogen and oxygen atoms in total. The molecule has 1 amide bonds. The molecule has 2 aromatic heterocycles. The Hall–Kier alpha value is -3.97. The highest BCUT2D eigenvalue weighted by molar-refractivity contribution is 5.73. The van der Waals surface area contributed by atoms with Crippen LogP contribution in [-0.2, 0) is 4.79 Å². The number of hydrogen-bond donors (Lipinski definition) is 3. The number of carbonyl (C=O) groups excluding carboxylic acids is 1. The Morgan fingerprint density at radius 2 is 1.97 bits per heavy atom. The third kappa shape index (κ3) is 5.27. The Bertz CT molecular complexity index is 1140. The highest BCUT2D eigenvalue weighted by Gasteiger charge is 2.22. The maximum Gasteiger partial charge on any atom is 0.227 e. The normalized spacial score (nSPS) is 14.0.